The van der Waals surface area contributed by atoms with Crippen molar-refractivity contribution < 1.29 is 0 Å². The minimum atomic E-state index is 0.989. The van der Waals surface area contributed by atoms with Gasteiger partial charge < -0.3 is 0 Å². The highest BCUT2D eigenvalue weighted by atomic mass is 14.7. The van der Waals surface area contributed by atoms with Gasteiger partial charge >= 0.3 is 0 Å². The summed E-state index contributed by atoms with van der Waals surface area (Å²) >= 11 is 0. The van der Waals surface area contributed by atoms with Gasteiger partial charge in [0.05, 0.1) is 0 Å². The number of hydrogen-bond donors (Lipinski definition) is 0. The molecule has 1 aliphatic heterocycles. The van der Waals surface area contributed by atoms with Crippen LogP contribution in [0.15, 0.2) is 4.99 Å². The van der Waals surface area contributed by atoms with Crippen LogP contribution in [0.3, 0.4) is 0 Å². The van der Waals surface area contributed by atoms with Crippen molar-refractivity contribution in [3.63, 3.8) is 0 Å². The first kappa shape index (κ1) is 8.28. The summed E-state index contributed by atoms with van der Waals surface area (Å²) in [6.45, 7) is 1.10. The average molecular weight is 165 g/mol. The molecule has 1 fully saturated rings. The third-order valence-corrected chi connectivity index (χ3v) is 3.48. The lowest BCUT2D eigenvalue weighted by molar-refractivity contribution is 0.241. The molecular formula is C11H19N. The maximum absolute atomic E-state index is 4.30. The van der Waals surface area contributed by atoms with E-state index in [0.29, 0.717) is 0 Å². The van der Waals surface area contributed by atoms with E-state index < -0.39 is 0 Å². The van der Waals surface area contributed by atoms with Gasteiger partial charge in [-0.3, -0.25) is 4.99 Å². The molecule has 1 unspecified atom stereocenters. The first-order chi connectivity index (χ1) is 5.97. The first-order valence-electron chi connectivity index (χ1n) is 5.45. The maximum Gasteiger partial charge on any atom is 0.0388 e. The molecule has 0 aromatic heterocycles. The predicted molar refractivity (Wildman–Crippen MR) is 52.7 cm³/mol. The van der Waals surface area contributed by atoms with Crippen molar-refractivity contribution in [2.45, 2.75) is 44.9 Å². The van der Waals surface area contributed by atoms with Crippen molar-refractivity contribution in [2.75, 3.05) is 6.54 Å². The molecule has 0 N–H and O–H groups in total. The number of aliphatic imine (C=N–C) groups is 1. The summed E-state index contributed by atoms with van der Waals surface area (Å²) in [5.41, 5.74) is 0. The Labute approximate surface area is 75.3 Å². The quantitative estimate of drug-likeness (QED) is 0.566. The van der Waals surface area contributed by atoms with Crippen LogP contribution in [0.5, 0.6) is 0 Å². The standard InChI is InChI=1S/C11H19N/c1-2-4-10(5-3-1)11-6-8-12-9-7-11/h8,10-11H,1-7,9H2. The molecule has 0 spiro atoms. The second-order valence-electron chi connectivity index (χ2n) is 4.27. The van der Waals surface area contributed by atoms with E-state index in [1.807, 2.05) is 0 Å². The Morgan fingerprint density at radius 3 is 2.42 bits per heavy atom. The largest absolute Gasteiger partial charge is 0.298 e. The van der Waals surface area contributed by atoms with Crippen molar-refractivity contribution in [3.05, 3.63) is 0 Å². The lowest BCUT2D eigenvalue weighted by Crippen LogP contribution is -2.21. The van der Waals surface area contributed by atoms with Crippen LogP contribution in [0.1, 0.15) is 44.9 Å². The molecule has 1 aliphatic carbocycles. The molecule has 12 heavy (non-hydrogen) atoms. The molecular weight excluding hydrogens is 146 g/mol. The Morgan fingerprint density at radius 1 is 0.917 bits per heavy atom. The molecule has 2 aliphatic rings. The summed E-state index contributed by atoms with van der Waals surface area (Å²) < 4.78 is 0. The van der Waals surface area contributed by atoms with E-state index in [2.05, 4.69) is 11.2 Å². The highest BCUT2D eigenvalue weighted by Crippen LogP contribution is 2.34. The van der Waals surface area contributed by atoms with E-state index in [-0.39, 0.29) is 0 Å². The predicted octanol–water partition coefficient (Wildman–Crippen LogP) is 3.05. The van der Waals surface area contributed by atoms with Gasteiger partial charge in [0, 0.05) is 6.54 Å². The van der Waals surface area contributed by atoms with Gasteiger partial charge in [-0.05, 0) is 30.9 Å². The van der Waals surface area contributed by atoms with Crippen molar-refractivity contribution >= 4 is 6.21 Å². The zero-order valence-corrected chi connectivity index (χ0v) is 7.84. The van der Waals surface area contributed by atoms with Crippen LogP contribution < -0.4 is 0 Å². The molecule has 0 bridgehead atoms. The summed E-state index contributed by atoms with van der Waals surface area (Å²) in [6.07, 6.45) is 12.2. The van der Waals surface area contributed by atoms with Crippen LogP contribution in [0.25, 0.3) is 0 Å². The molecule has 0 aromatic carbocycles. The van der Waals surface area contributed by atoms with Gasteiger partial charge in [0.2, 0.25) is 0 Å². The topological polar surface area (TPSA) is 12.4 Å². The van der Waals surface area contributed by atoms with Crippen LogP contribution in [-0.4, -0.2) is 12.8 Å². The van der Waals surface area contributed by atoms with Gasteiger partial charge in [0.25, 0.3) is 0 Å². The minimum Gasteiger partial charge on any atom is -0.298 e. The van der Waals surface area contributed by atoms with Gasteiger partial charge in [0.15, 0.2) is 0 Å². The molecule has 68 valence electrons. The normalized spacial score (nSPS) is 32.2. The fourth-order valence-electron chi connectivity index (χ4n) is 2.69. The number of rotatable bonds is 1. The van der Waals surface area contributed by atoms with Crippen molar-refractivity contribution in [1.82, 2.24) is 0 Å². The van der Waals surface area contributed by atoms with Crippen molar-refractivity contribution in [2.24, 2.45) is 16.8 Å². The van der Waals surface area contributed by atoms with E-state index in [4.69, 9.17) is 0 Å². The zero-order valence-electron chi connectivity index (χ0n) is 7.84. The molecule has 0 amide bonds. The van der Waals surface area contributed by atoms with Gasteiger partial charge in [-0.2, -0.15) is 0 Å². The zero-order chi connectivity index (χ0) is 8.23. The Morgan fingerprint density at radius 2 is 1.75 bits per heavy atom. The minimum absolute atomic E-state index is 0.989. The monoisotopic (exact) mass is 165 g/mol. The van der Waals surface area contributed by atoms with Crippen LogP contribution in [0, 0.1) is 11.8 Å². The molecule has 0 saturated heterocycles. The number of nitrogens with zero attached hydrogens (tertiary/aromatic N) is 1. The highest BCUT2D eigenvalue weighted by Gasteiger charge is 2.23. The van der Waals surface area contributed by atoms with Gasteiger partial charge in [-0.15, -0.1) is 0 Å². The van der Waals surface area contributed by atoms with Crippen LogP contribution >= 0.6 is 0 Å². The highest BCUT2D eigenvalue weighted by molar-refractivity contribution is 5.58. The molecule has 1 nitrogen and oxygen atoms in total. The molecule has 0 radical (unpaired) electrons. The van der Waals surface area contributed by atoms with E-state index in [1.165, 1.54) is 44.9 Å². The molecule has 2 rings (SSSR count). The molecule has 1 heteroatoms. The first-order valence-corrected chi connectivity index (χ1v) is 5.45. The van der Waals surface area contributed by atoms with E-state index in [9.17, 15) is 0 Å². The Balaban J connectivity index is 1.85. The lowest BCUT2D eigenvalue weighted by Gasteiger charge is -2.30. The molecule has 0 aromatic rings. The molecule has 1 heterocycles. The summed E-state index contributed by atoms with van der Waals surface area (Å²) in [6, 6.07) is 0. The van der Waals surface area contributed by atoms with Crippen LogP contribution in [0.2, 0.25) is 0 Å². The van der Waals surface area contributed by atoms with E-state index >= 15 is 0 Å². The van der Waals surface area contributed by atoms with Crippen LogP contribution in [-0.2, 0) is 0 Å². The third-order valence-electron chi connectivity index (χ3n) is 3.48. The van der Waals surface area contributed by atoms with Crippen molar-refractivity contribution in [1.29, 1.82) is 0 Å². The van der Waals surface area contributed by atoms with Gasteiger partial charge in [-0.1, -0.05) is 32.1 Å². The van der Waals surface area contributed by atoms with Crippen molar-refractivity contribution in [3.8, 4) is 0 Å². The van der Waals surface area contributed by atoms with E-state index in [1.54, 1.807) is 0 Å². The smallest absolute Gasteiger partial charge is 0.0388 e. The average Bonchev–Trinajstić information content (AvgIpc) is 2.21. The Kier molecular flexibility index (Phi) is 2.80. The maximum atomic E-state index is 4.30. The second kappa shape index (κ2) is 4.06. The summed E-state index contributed by atoms with van der Waals surface area (Å²) in [4.78, 5) is 4.30. The SMILES string of the molecule is C1=NCCC(C2CCCCC2)C1. The Bertz CT molecular complexity index is 156. The van der Waals surface area contributed by atoms with Crippen LogP contribution in [0.4, 0.5) is 0 Å². The summed E-state index contributed by atoms with van der Waals surface area (Å²) in [7, 11) is 0. The second-order valence-corrected chi connectivity index (χ2v) is 4.27. The van der Waals surface area contributed by atoms with Gasteiger partial charge in [0.1, 0.15) is 0 Å². The van der Waals surface area contributed by atoms with E-state index in [0.717, 1.165) is 18.4 Å². The lowest BCUT2D eigenvalue weighted by atomic mass is 9.77. The third kappa shape index (κ3) is 1.88. The van der Waals surface area contributed by atoms with Gasteiger partial charge in [-0.25, -0.2) is 0 Å². The fourth-order valence-corrected chi connectivity index (χ4v) is 2.69. The summed E-state index contributed by atoms with van der Waals surface area (Å²) in [5.74, 6) is 2.04. The fraction of sp³-hybridized carbons (Fsp3) is 0.909. The number of hydrogen-bond acceptors (Lipinski definition) is 1. The molecule has 1 saturated carbocycles. The molecule has 1 atom stereocenters. The summed E-state index contributed by atoms with van der Waals surface area (Å²) in [5, 5.41) is 0. The Hall–Kier alpha value is -0.330.